The molecule has 0 spiro atoms. The van der Waals surface area contributed by atoms with Crippen LogP contribution in [-0.4, -0.2) is 29.9 Å². The van der Waals surface area contributed by atoms with Crippen LogP contribution in [0.3, 0.4) is 0 Å². The number of esters is 1. The van der Waals surface area contributed by atoms with Crippen molar-refractivity contribution in [3.8, 4) is 5.75 Å². The van der Waals surface area contributed by atoms with Gasteiger partial charge in [-0.25, -0.2) is 4.79 Å². The minimum absolute atomic E-state index is 0.180. The lowest BCUT2D eigenvalue weighted by Crippen LogP contribution is -2.37. The molecule has 0 saturated carbocycles. The summed E-state index contributed by atoms with van der Waals surface area (Å²) in [6.07, 6.45) is 1.56. The van der Waals surface area contributed by atoms with E-state index in [4.69, 9.17) is 9.47 Å². The minimum atomic E-state index is -0.664. The number of hydrogen-bond donors (Lipinski definition) is 1. The van der Waals surface area contributed by atoms with E-state index in [1.54, 1.807) is 18.2 Å². The Bertz CT molecular complexity index is 440. The van der Waals surface area contributed by atoms with Crippen LogP contribution in [0.2, 0.25) is 0 Å². The lowest BCUT2D eigenvalue weighted by atomic mass is 10.0. The maximum absolute atomic E-state index is 11.9. The Morgan fingerprint density at radius 2 is 2.10 bits per heavy atom. The summed E-state index contributed by atoms with van der Waals surface area (Å²) in [6, 6.07) is 6.83. The molecule has 4 heteroatoms. The van der Waals surface area contributed by atoms with Crippen LogP contribution in [0.1, 0.15) is 39.2 Å². The Labute approximate surface area is 120 Å². The van der Waals surface area contributed by atoms with E-state index >= 15 is 0 Å². The largest absolute Gasteiger partial charge is 0.508 e. The van der Waals surface area contributed by atoms with Gasteiger partial charge in [0.25, 0.3) is 0 Å². The molecule has 0 heterocycles. The number of phenolic OH excluding ortho intramolecular Hbond substituents is 1. The maximum atomic E-state index is 11.9. The highest BCUT2D eigenvalue weighted by Gasteiger charge is 2.28. The Morgan fingerprint density at radius 1 is 1.40 bits per heavy atom. The second-order valence-corrected chi connectivity index (χ2v) is 5.51. The zero-order valence-electron chi connectivity index (χ0n) is 12.7. The van der Waals surface area contributed by atoms with E-state index in [1.165, 1.54) is 7.11 Å². The van der Waals surface area contributed by atoms with Crippen molar-refractivity contribution < 1.29 is 19.4 Å². The highest BCUT2D eigenvalue weighted by atomic mass is 16.6. The van der Waals surface area contributed by atoms with Gasteiger partial charge >= 0.3 is 5.97 Å². The predicted octanol–water partition coefficient (Wildman–Crippen LogP) is 3.07. The smallest absolute Gasteiger partial charge is 0.335 e. The quantitative estimate of drug-likeness (QED) is 0.780. The molecule has 0 fully saturated rings. The summed E-state index contributed by atoms with van der Waals surface area (Å²) >= 11 is 0. The summed E-state index contributed by atoms with van der Waals surface area (Å²) in [4.78, 5) is 11.9. The van der Waals surface area contributed by atoms with Gasteiger partial charge < -0.3 is 14.6 Å². The SMILES string of the molecule is CCCC(C)(C)OC(Cc1cccc(O)c1)C(=O)OC. The van der Waals surface area contributed by atoms with Crippen LogP contribution < -0.4 is 0 Å². The molecule has 20 heavy (non-hydrogen) atoms. The topological polar surface area (TPSA) is 55.8 Å². The number of carbonyl (C=O) groups excluding carboxylic acids is 1. The summed E-state index contributed by atoms with van der Waals surface area (Å²) in [5.41, 5.74) is 0.456. The van der Waals surface area contributed by atoms with Crippen molar-refractivity contribution in [3.63, 3.8) is 0 Å². The molecule has 1 atom stereocenters. The van der Waals surface area contributed by atoms with E-state index in [0.717, 1.165) is 18.4 Å². The van der Waals surface area contributed by atoms with Crippen LogP contribution >= 0.6 is 0 Å². The maximum Gasteiger partial charge on any atom is 0.335 e. The molecule has 0 aliphatic rings. The Morgan fingerprint density at radius 3 is 2.65 bits per heavy atom. The van der Waals surface area contributed by atoms with Gasteiger partial charge in [0.05, 0.1) is 12.7 Å². The van der Waals surface area contributed by atoms with Crippen molar-refractivity contribution in [3.05, 3.63) is 29.8 Å². The van der Waals surface area contributed by atoms with Crippen molar-refractivity contribution in [2.24, 2.45) is 0 Å². The fourth-order valence-corrected chi connectivity index (χ4v) is 2.25. The van der Waals surface area contributed by atoms with Gasteiger partial charge in [0.15, 0.2) is 6.10 Å². The van der Waals surface area contributed by atoms with Gasteiger partial charge in [-0.05, 0) is 38.0 Å². The van der Waals surface area contributed by atoms with Gasteiger partial charge in [-0.1, -0.05) is 25.5 Å². The number of ether oxygens (including phenoxy) is 2. The van der Waals surface area contributed by atoms with E-state index in [1.807, 2.05) is 19.9 Å². The average molecular weight is 280 g/mol. The molecule has 0 radical (unpaired) electrons. The van der Waals surface area contributed by atoms with Crippen molar-refractivity contribution in [2.75, 3.05) is 7.11 Å². The Kier molecular flexibility index (Phi) is 6.02. The average Bonchev–Trinajstić information content (AvgIpc) is 2.36. The molecule has 4 nitrogen and oxygen atoms in total. The molecule has 0 saturated heterocycles. The third-order valence-corrected chi connectivity index (χ3v) is 3.11. The van der Waals surface area contributed by atoms with Gasteiger partial charge in [-0.15, -0.1) is 0 Å². The molecule has 0 aliphatic heterocycles. The first-order valence-corrected chi connectivity index (χ1v) is 6.91. The van der Waals surface area contributed by atoms with Crippen molar-refractivity contribution >= 4 is 5.97 Å². The number of benzene rings is 1. The van der Waals surface area contributed by atoms with Crippen LogP contribution in [0.5, 0.6) is 5.75 Å². The van der Waals surface area contributed by atoms with Gasteiger partial charge in [0.1, 0.15) is 5.75 Å². The predicted molar refractivity (Wildman–Crippen MR) is 77.7 cm³/mol. The highest BCUT2D eigenvalue weighted by molar-refractivity contribution is 5.75. The molecule has 0 aliphatic carbocycles. The third kappa shape index (κ3) is 5.21. The number of phenols is 1. The second-order valence-electron chi connectivity index (χ2n) is 5.51. The normalized spacial score (nSPS) is 13.0. The zero-order chi connectivity index (χ0) is 15.2. The molecule has 1 aromatic rings. The number of carbonyl (C=O) groups is 1. The van der Waals surface area contributed by atoms with E-state index in [0.29, 0.717) is 6.42 Å². The summed E-state index contributed by atoms with van der Waals surface area (Å²) < 4.78 is 10.7. The van der Waals surface area contributed by atoms with Crippen LogP contribution in [0, 0.1) is 0 Å². The van der Waals surface area contributed by atoms with Crippen LogP contribution in [0.15, 0.2) is 24.3 Å². The standard InChI is InChI=1S/C16H24O4/c1-5-9-16(2,3)20-14(15(18)19-4)11-12-7-6-8-13(17)10-12/h6-8,10,14,17H,5,9,11H2,1-4H3. The molecule has 0 amide bonds. The van der Waals surface area contributed by atoms with Crippen molar-refractivity contribution in [1.29, 1.82) is 0 Å². The summed E-state index contributed by atoms with van der Waals surface area (Å²) in [7, 11) is 1.36. The number of hydrogen-bond acceptors (Lipinski definition) is 4. The van der Waals surface area contributed by atoms with Gasteiger partial charge in [-0.3, -0.25) is 0 Å². The molecular formula is C16H24O4. The first-order chi connectivity index (χ1) is 9.38. The van der Waals surface area contributed by atoms with Crippen LogP contribution in [0.25, 0.3) is 0 Å². The van der Waals surface area contributed by atoms with E-state index in [-0.39, 0.29) is 11.4 Å². The molecule has 112 valence electrons. The van der Waals surface area contributed by atoms with Crippen LogP contribution in [0.4, 0.5) is 0 Å². The van der Waals surface area contributed by atoms with E-state index < -0.39 is 12.1 Å². The Hall–Kier alpha value is -1.55. The van der Waals surface area contributed by atoms with Gasteiger partial charge in [-0.2, -0.15) is 0 Å². The van der Waals surface area contributed by atoms with Crippen molar-refractivity contribution in [2.45, 2.75) is 51.7 Å². The van der Waals surface area contributed by atoms with E-state index in [2.05, 4.69) is 6.92 Å². The van der Waals surface area contributed by atoms with Gasteiger partial charge in [0.2, 0.25) is 0 Å². The summed E-state index contributed by atoms with van der Waals surface area (Å²) in [5, 5.41) is 9.48. The summed E-state index contributed by atoms with van der Waals surface area (Å²) in [5.74, 6) is -0.212. The monoisotopic (exact) mass is 280 g/mol. The fourth-order valence-electron chi connectivity index (χ4n) is 2.25. The minimum Gasteiger partial charge on any atom is -0.508 e. The molecule has 1 rings (SSSR count). The van der Waals surface area contributed by atoms with E-state index in [9.17, 15) is 9.90 Å². The van der Waals surface area contributed by atoms with Crippen LogP contribution in [-0.2, 0) is 20.7 Å². The number of methoxy groups -OCH3 is 1. The zero-order valence-corrected chi connectivity index (χ0v) is 12.7. The number of aromatic hydroxyl groups is 1. The first kappa shape index (κ1) is 16.5. The number of rotatable bonds is 7. The van der Waals surface area contributed by atoms with Gasteiger partial charge in [0, 0.05) is 6.42 Å². The Balaban J connectivity index is 2.82. The fraction of sp³-hybridized carbons (Fsp3) is 0.562. The second kappa shape index (κ2) is 7.29. The van der Waals surface area contributed by atoms with Crippen molar-refractivity contribution in [1.82, 2.24) is 0 Å². The molecule has 0 bridgehead atoms. The molecule has 1 aromatic carbocycles. The molecule has 1 unspecified atom stereocenters. The first-order valence-electron chi connectivity index (χ1n) is 6.91. The summed E-state index contributed by atoms with van der Waals surface area (Å²) in [6.45, 7) is 6.01. The highest BCUT2D eigenvalue weighted by Crippen LogP contribution is 2.22. The lowest BCUT2D eigenvalue weighted by molar-refractivity contribution is -0.165. The molecule has 0 aromatic heterocycles. The lowest BCUT2D eigenvalue weighted by Gasteiger charge is -2.29. The molecule has 1 N–H and O–H groups in total. The third-order valence-electron chi connectivity index (χ3n) is 3.11. The molecular weight excluding hydrogens is 256 g/mol.